The average molecular weight is 279 g/mol. The second-order valence-corrected chi connectivity index (χ2v) is 5.27. The van der Waals surface area contributed by atoms with Crippen molar-refractivity contribution in [1.29, 1.82) is 0 Å². The van der Waals surface area contributed by atoms with Crippen molar-refractivity contribution >= 4 is 29.1 Å². The molecule has 18 heavy (non-hydrogen) atoms. The first kappa shape index (κ1) is 13.3. The summed E-state index contributed by atoms with van der Waals surface area (Å²) in [5, 5.41) is 2.47. The molecule has 2 aromatic carbocycles. The Bertz CT molecular complexity index is 496. The summed E-state index contributed by atoms with van der Waals surface area (Å²) in [5.41, 5.74) is 2.14. The van der Waals surface area contributed by atoms with Gasteiger partial charge in [-0.05, 0) is 48.2 Å². The summed E-state index contributed by atoms with van der Waals surface area (Å²) in [6.45, 7) is 0.662. The summed E-state index contributed by atoms with van der Waals surface area (Å²) in [6.07, 6.45) is 2.06. The van der Waals surface area contributed by atoms with E-state index < -0.39 is 0 Å². The van der Waals surface area contributed by atoms with E-state index in [0.717, 1.165) is 16.3 Å². The maximum absolute atomic E-state index is 6.05. The predicted octanol–water partition coefficient (Wildman–Crippen LogP) is 3.94. The van der Waals surface area contributed by atoms with Gasteiger partial charge >= 0.3 is 0 Å². The van der Waals surface area contributed by atoms with E-state index in [1.54, 1.807) is 16.8 Å². The molecule has 2 aromatic rings. The lowest BCUT2D eigenvalue weighted by atomic mass is 10.2. The summed E-state index contributed by atoms with van der Waals surface area (Å²) in [7, 11) is 0. The van der Waals surface area contributed by atoms with Crippen LogP contribution in [0.3, 0.4) is 0 Å². The molecule has 0 unspecified atom stereocenters. The van der Waals surface area contributed by atoms with Crippen LogP contribution in [-0.4, -0.2) is 6.26 Å². The van der Waals surface area contributed by atoms with Crippen molar-refractivity contribution in [2.24, 2.45) is 5.84 Å². The number of nitrogens with zero attached hydrogens (tertiary/aromatic N) is 1. The average Bonchev–Trinajstić information content (AvgIpc) is 2.41. The van der Waals surface area contributed by atoms with Crippen LogP contribution >= 0.6 is 23.4 Å². The number of hydrogen-bond donors (Lipinski definition) is 1. The lowest BCUT2D eigenvalue weighted by Crippen LogP contribution is -2.29. The van der Waals surface area contributed by atoms with E-state index in [1.807, 2.05) is 36.4 Å². The lowest BCUT2D eigenvalue weighted by Gasteiger charge is -2.19. The summed E-state index contributed by atoms with van der Waals surface area (Å²) in [6, 6.07) is 15.9. The molecule has 0 bridgehead atoms. The fourth-order valence-electron chi connectivity index (χ4n) is 1.65. The molecule has 0 saturated carbocycles. The molecule has 0 amide bonds. The van der Waals surface area contributed by atoms with Gasteiger partial charge in [0.25, 0.3) is 0 Å². The Kier molecular flexibility index (Phi) is 4.53. The van der Waals surface area contributed by atoms with Crippen LogP contribution in [-0.2, 0) is 6.54 Å². The SMILES string of the molecule is CSc1ccc(N(N)Cc2ccc(Cl)cc2)cc1. The van der Waals surface area contributed by atoms with Gasteiger partial charge in [-0.25, -0.2) is 5.84 Å². The Morgan fingerprint density at radius 3 is 2.22 bits per heavy atom. The van der Waals surface area contributed by atoms with Gasteiger partial charge in [-0.15, -0.1) is 11.8 Å². The van der Waals surface area contributed by atoms with E-state index >= 15 is 0 Å². The highest BCUT2D eigenvalue weighted by atomic mass is 35.5. The molecule has 2 nitrogen and oxygen atoms in total. The molecule has 0 fully saturated rings. The van der Waals surface area contributed by atoms with E-state index in [-0.39, 0.29) is 0 Å². The summed E-state index contributed by atoms with van der Waals surface area (Å²) < 4.78 is 0. The van der Waals surface area contributed by atoms with Crippen molar-refractivity contribution in [3.63, 3.8) is 0 Å². The maximum atomic E-state index is 6.05. The second kappa shape index (κ2) is 6.14. The molecule has 0 atom stereocenters. The lowest BCUT2D eigenvalue weighted by molar-refractivity contribution is 0.852. The molecule has 0 heterocycles. The minimum absolute atomic E-state index is 0.662. The molecule has 0 aliphatic rings. The van der Waals surface area contributed by atoms with Gasteiger partial charge in [-0.2, -0.15) is 0 Å². The van der Waals surface area contributed by atoms with Crippen LogP contribution in [0.5, 0.6) is 0 Å². The highest BCUT2D eigenvalue weighted by Gasteiger charge is 2.03. The molecule has 0 aliphatic carbocycles. The van der Waals surface area contributed by atoms with Crippen LogP contribution in [0.25, 0.3) is 0 Å². The minimum atomic E-state index is 0.662. The van der Waals surface area contributed by atoms with Crippen molar-refractivity contribution in [2.75, 3.05) is 11.3 Å². The van der Waals surface area contributed by atoms with Gasteiger partial charge in [-0.1, -0.05) is 23.7 Å². The summed E-state index contributed by atoms with van der Waals surface area (Å²) in [5.74, 6) is 6.05. The molecule has 2 rings (SSSR count). The Labute approximate surface area is 117 Å². The first-order valence-electron chi connectivity index (χ1n) is 5.60. The van der Waals surface area contributed by atoms with E-state index in [9.17, 15) is 0 Å². The third-order valence-electron chi connectivity index (χ3n) is 2.67. The van der Waals surface area contributed by atoms with Crippen LogP contribution < -0.4 is 10.9 Å². The second-order valence-electron chi connectivity index (χ2n) is 3.95. The highest BCUT2D eigenvalue weighted by molar-refractivity contribution is 7.98. The monoisotopic (exact) mass is 278 g/mol. The van der Waals surface area contributed by atoms with Gasteiger partial charge in [0.05, 0.1) is 12.2 Å². The number of benzene rings is 2. The van der Waals surface area contributed by atoms with E-state index in [4.69, 9.17) is 17.4 Å². The van der Waals surface area contributed by atoms with Crippen LogP contribution in [0.1, 0.15) is 5.56 Å². The number of hydrogen-bond acceptors (Lipinski definition) is 3. The number of rotatable bonds is 4. The molecule has 0 aliphatic heterocycles. The zero-order valence-corrected chi connectivity index (χ0v) is 11.7. The number of thioether (sulfide) groups is 1. The number of anilines is 1. The molecule has 2 N–H and O–H groups in total. The topological polar surface area (TPSA) is 29.3 Å². The Morgan fingerprint density at radius 2 is 1.67 bits per heavy atom. The predicted molar refractivity (Wildman–Crippen MR) is 80.0 cm³/mol. The zero-order valence-electron chi connectivity index (χ0n) is 10.1. The zero-order chi connectivity index (χ0) is 13.0. The fourth-order valence-corrected chi connectivity index (χ4v) is 2.19. The van der Waals surface area contributed by atoms with Crippen molar-refractivity contribution in [3.8, 4) is 0 Å². The smallest absolute Gasteiger partial charge is 0.0592 e. The number of hydrazine groups is 1. The molecule has 4 heteroatoms. The van der Waals surface area contributed by atoms with Crippen LogP contribution in [0.4, 0.5) is 5.69 Å². The van der Waals surface area contributed by atoms with Crippen molar-refractivity contribution in [2.45, 2.75) is 11.4 Å². The first-order valence-corrected chi connectivity index (χ1v) is 7.20. The standard InChI is InChI=1S/C14H15ClN2S/c1-18-14-8-6-13(7-9-14)17(16)10-11-2-4-12(15)5-3-11/h2-9H,10,16H2,1H3. The molecular formula is C14H15ClN2S. The van der Waals surface area contributed by atoms with Gasteiger partial charge in [-0.3, -0.25) is 0 Å². The van der Waals surface area contributed by atoms with Gasteiger partial charge in [0.2, 0.25) is 0 Å². The van der Waals surface area contributed by atoms with Gasteiger partial charge in [0.1, 0.15) is 0 Å². The Balaban J connectivity index is 2.06. The van der Waals surface area contributed by atoms with Crippen LogP contribution in [0.15, 0.2) is 53.4 Å². The van der Waals surface area contributed by atoms with Gasteiger partial charge in [0.15, 0.2) is 0 Å². The molecule has 94 valence electrons. The summed E-state index contributed by atoms with van der Waals surface area (Å²) in [4.78, 5) is 1.23. The van der Waals surface area contributed by atoms with Gasteiger partial charge in [0, 0.05) is 9.92 Å². The minimum Gasteiger partial charge on any atom is -0.307 e. The van der Waals surface area contributed by atoms with Crippen molar-refractivity contribution in [1.82, 2.24) is 0 Å². The molecule has 0 spiro atoms. The Morgan fingerprint density at radius 1 is 1.06 bits per heavy atom. The molecular weight excluding hydrogens is 264 g/mol. The Hall–Kier alpha value is -1.16. The first-order chi connectivity index (χ1) is 8.69. The third-order valence-corrected chi connectivity index (χ3v) is 3.67. The van der Waals surface area contributed by atoms with Crippen molar-refractivity contribution < 1.29 is 0 Å². The highest BCUT2D eigenvalue weighted by Crippen LogP contribution is 2.20. The fraction of sp³-hybridized carbons (Fsp3) is 0.143. The third kappa shape index (κ3) is 3.42. The largest absolute Gasteiger partial charge is 0.307 e. The number of nitrogens with two attached hydrogens (primary N) is 1. The molecule has 0 saturated heterocycles. The van der Waals surface area contributed by atoms with Crippen LogP contribution in [0, 0.1) is 0 Å². The summed E-state index contributed by atoms with van der Waals surface area (Å²) >= 11 is 7.57. The van der Waals surface area contributed by atoms with E-state index in [1.165, 1.54) is 4.90 Å². The quantitative estimate of drug-likeness (QED) is 0.522. The normalized spacial score (nSPS) is 10.4. The maximum Gasteiger partial charge on any atom is 0.0592 e. The van der Waals surface area contributed by atoms with Crippen LogP contribution in [0.2, 0.25) is 5.02 Å². The molecule has 0 aromatic heterocycles. The van der Waals surface area contributed by atoms with E-state index in [2.05, 4.69) is 18.4 Å². The van der Waals surface area contributed by atoms with E-state index in [0.29, 0.717) is 6.54 Å². The van der Waals surface area contributed by atoms with Crippen molar-refractivity contribution in [3.05, 3.63) is 59.1 Å². The number of halogens is 1. The molecule has 0 radical (unpaired) electrons. The van der Waals surface area contributed by atoms with Gasteiger partial charge < -0.3 is 5.01 Å².